The van der Waals surface area contributed by atoms with Crippen LogP contribution in [-0.4, -0.2) is 22.8 Å². The molecule has 5 heteroatoms. The topological polar surface area (TPSA) is 79.7 Å². The van der Waals surface area contributed by atoms with Crippen molar-refractivity contribution in [1.82, 2.24) is 5.06 Å². The maximum absolute atomic E-state index is 10.6. The molecule has 16 heavy (non-hydrogen) atoms. The lowest BCUT2D eigenvalue weighted by molar-refractivity contribution is -0.0389. The summed E-state index contributed by atoms with van der Waals surface area (Å²) in [6, 6.07) is 8.62. The van der Waals surface area contributed by atoms with E-state index in [2.05, 4.69) is 0 Å². The lowest BCUT2D eigenvalue weighted by atomic mass is 10.2. The lowest BCUT2D eigenvalue weighted by Crippen LogP contribution is -2.34. The SMILES string of the molecule is NC(=O)N(O)CCc1cc2ccccc2o1. The van der Waals surface area contributed by atoms with Crippen LogP contribution in [0.1, 0.15) is 5.76 Å². The normalized spacial score (nSPS) is 10.6. The highest BCUT2D eigenvalue weighted by atomic mass is 16.5. The van der Waals surface area contributed by atoms with Crippen molar-refractivity contribution >= 4 is 17.0 Å². The van der Waals surface area contributed by atoms with Gasteiger partial charge in [-0.25, -0.2) is 9.86 Å². The minimum atomic E-state index is -0.865. The minimum Gasteiger partial charge on any atom is -0.461 e. The number of amides is 2. The molecular formula is C11H12N2O3. The molecule has 0 aliphatic carbocycles. The average Bonchev–Trinajstić information content (AvgIpc) is 2.68. The standard InChI is InChI=1S/C11H12N2O3/c12-11(14)13(15)6-5-9-7-8-3-1-2-4-10(8)16-9/h1-4,7,15H,5-6H2,(H2,12,14). The molecule has 0 aliphatic heterocycles. The summed E-state index contributed by atoms with van der Waals surface area (Å²) in [5.41, 5.74) is 5.67. The molecule has 1 aromatic heterocycles. The van der Waals surface area contributed by atoms with Gasteiger partial charge in [0.15, 0.2) is 0 Å². The van der Waals surface area contributed by atoms with Gasteiger partial charge >= 0.3 is 6.03 Å². The van der Waals surface area contributed by atoms with Crippen molar-refractivity contribution in [1.29, 1.82) is 0 Å². The summed E-state index contributed by atoms with van der Waals surface area (Å²) in [5.74, 6) is 0.710. The molecule has 0 spiro atoms. The number of primary amides is 1. The van der Waals surface area contributed by atoms with Gasteiger partial charge in [0.1, 0.15) is 11.3 Å². The highest BCUT2D eigenvalue weighted by Gasteiger charge is 2.08. The second-order valence-electron chi connectivity index (χ2n) is 3.46. The first-order chi connectivity index (χ1) is 7.66. The van der Waals surface area contributed by atoms with Crippen LogP contribution in [0.2, 0.25) is 0 Å². The molecule has 0 fully saturated rings. The van der Waals surface area contributed by atoms with Crippen molar-refractivity contribution in [2.75, 3.05) is 6.54 Å². The number of nitrogens with zero attached hydrogens (tertiary/aromatic N) is 1. The molecule has 0 radical (unpaired) electrons. The first-order valence-electron chi connectivity index (χ1n) is 4.90. The highest BCUT2D eigenvalue weighted by molar-refractivity contribution is 5.77. The molecule has 0 saturated heterocycles. The van der Waals surface area contributed by atoms with E-state index in [9.17, 15) is 4.79 Å². The number of carbonyl (C=O) groups excluding carboxylic acids is 1. The van der Waals surface area contributed by atoms with Gasteiger partial charge in [-0.1, -0.05) is 18.2 Å². The Morgan fingerprint density at radius 3 is 2.88 bits per heavy atom. The van der Waals surface area contributed by atoms with Crippen molar-refractivity contribution in [3.63, 3.8) is 0 Å². The van der Waals surface area contributed by atoms with E-state index in [1.807, 2.05) is 30.3 Å². The van der Waals surface area contributed by atoms with Crippen molar-refractivity contribution in [2.24, 2.45) is 5.73 Å². The number of hydrogen-bond acceptors (Lipinski definition) is 3. The number of hydroxylamine groups is 2. The predicted molar refractivity (Wildman–Crippen MR) is 58.0 cm³/mol. The molecule has 1 aromatic carbocycles. The fourth-order valence-electron chi connectivity index (χ4n) is 1.49. The Bertz CT molecular complexity index is 474. The molecule has 0 atom stereocenters. The van der Waals surface area contributed by atoms with Gasteiger partial charge in [-0.15, -0.1) is 0 Å². The molecule has 5 nitrogen and oxygen atoms in total. The number of rotatable bonds is 3. The Morgan fingerprint density at radius 2 is 2.19 bits per heavy atom. The maximum Gasteiger partial charge on any atom is 0.338 e. The summed E-state index contributed by atoms with van der Waals surface area (Å²) >= 11 is 0. The molecular weight excluding hydrogens is 208 g/mol. The van der Waals surface area contributed by atoms with Crippen LogP contribution in [0.5, 0.6) is 0 Å². The molecule has 84 valence electrons. The first-order valence-corrected chi connectivity index (χ1v) is 4.90. The summed E-state index contributed by atoms with van der Waals surface area (Å²) in [4.78, 5) is 10.6. The smallest absolute Gasteiger partial charge is 0.338 e. The Balaban J connectivity index is 2.07. The Kier molecular flexibility index (Phi) is 2.78. The fourth-order valence-corrected chi connectivity index (χ4v) is 1.49. The molecule has 3 N–H and O–H groups in total. The zero-order valence-electron chi connectivity index (χ0n) is 8.59. The van der Waals surface area contributed by atoms with Crippen LogP contribution in [-0.2, 0) is 6.42 Å². The third-order valence-corrected chi connectivity index (χ3v) is 2.30. The van der Waals surface area contributed by atoms with E-state index >= 15 is 0 Å². The summed E-state index contributed by atoms with van der Waals surface area (Å²) in [7, 11) is 0. The van der Waals surface area contributed by atoms with E-state index in [1.165, 1.54) is 0 Å². The average molecular weight is 220 g/mol. The summed E-state index contributed by atoms with van der Waals surface area (Å²) in [6.45, 7) is 0.120. The molecule has 2 amide bonds. The van der Waals surface area contributed by atoms with Gasteiger partial charge < -0.3 is 10.2 Å². The van der Waals surface area contributed by atoms with Crippen LogP contribution in [0.3, 0.4) is 0 Å². The van der Waals surface area contributed by atoms with Crippen LogP contribution >= 0.6 is 0 Å². The second-order valence-corrected chi connectivity index (χ2v) is 3.46. The molecule has 0 aliphatic rings. The maximum atomic E-state index is 10.6. The van der Waals surface area contributed by atoms with Crippen LogP contribution in [0.15, 0.2) is 34.7 Å². The number of fused-ring (bicyclic) bond motifs is 1. The molecule has 2 rings (SSSR count). The van der Waals surface area contributed by atoms with Gasteiger partial charge in [0.05, 0.1) is 6.54 Å². The Morgan fingerprint density at radius 1 is 1.44 bits per heavy atom. The van der Waals surface area contributed by atoms with E-state index < -0.39 is 6.03 Å². The zero-order chi connectivity index (χ0) is 11.5. The van der Waals surface area contributed by atoms with E-state index in [0.717, 1.165) is 11.0 Å². The Hall–Kier alpha value is -2.01. The van der Waals surface area contributed by atoms with Crippen molar-refractivity contribution in [2.45, 2.75) is 6.42 Å². The largest absolute Gasteiger partial charge is 0.461 e. The van der Waals surface area contributed by atoms with E-state index in [1.54, 1.807) is 0 Å². The number of hydrogen-bond donors (Lipinski definition) is 2. The van der Waals surface area contributed by atoms with E-state index in [4.69, 9.17) is 15.4 Å². The highest BCUT2D eigenvalue weighted by Crippen LogP contribution is 2.18. The van der Waals surface area contributed by atoms with Gasteiger partial charge in [-0.05, 0) is 12.1 Å². The number of furan rings is 1. The van der Waals surface area contributed by atoms with Crippen LogP contribution in [0.25, 0.3) is 11.0 Å². The monoisotopic (exact) mass is 220 g/mol. The number of para-hydroxylation sites is 1. The first kappa shape index (κ1) is 10.5. The third-order valence-electron chi connectivity index (χ3n) is 2.30. The van der Waals surface area contributed by atoms with Crippen LogP contribution < -0.4 is 5.73 Å². The molecule has 0 unspecified atom stereocenters. The number of urea groups is 1. The fraction of sp³-hybridized carbons (Fsp3) is 0.182. The van der Waals surface area contributed by atoms with Gasteiger partial charge in [0, 0.05) is 11.8 Å². The van der Waals surface area contributed by atoms with Gasteiger partial charge in [0.25, 0.3) is 0 Å². The van der Waals surface area contributed by atoms with E-state index in [0.29, 0.717) is 17.2 Å². The van der Waals surface area contributed by atoms with Gasteiger partial charge in [-0.3, -0.25) is 5.21 Å². The van der Waals surface area contributed by atoms with Crippen LogP contribution in [0, 0.1) is 0 Å². The predicted octanol–water partition coefficient (Wildman–Crippen LogP) is 1.75. The Labute approximate surface area is 92.0 Å². The molecule has 2 aromatic rings. The second kappa shape index (κ2) is 4.24. The van der Waals surface area contributed by atoms with Crippen molar-refractivity contribution in [3.05, 3.63) is 36.1 Å². The van der Waals surface area contributed by atoms with Crippen molar-refractivity contribution < 1.29 is 14.4 Å². The van der Waals surface area contributed by atoms with Crippen LogP contribution in [0.4, 0.5) is 4.79 Å². The van der Waals surface area contributed by atoms with Crippen molar-refractivity contribution in [3.8, 4) is 0 Å². The number of benzene rings is 1. The van der Waals surface area contributed by atoms with Gasteiger partial charge in [-0.2, -0.15) is 0 Å². The molecule has 1 heterocycles. The minimum absolute atomic E-state index is 0.120. The summed E-state index contributed by atoms with van der Waals surface area (Å²) in [5, 5.41) is 10.5. The summed E-state index contributed by atoms with van der Waals surface area (Å²) in [6.07, 6.45) is 0.425. The lowest BCUT2D eigenvalue weighted by Gasteiger charge is -2.09. The number of carbonyl (C=O) groups is 1. The quantitative estimate of drug-likeness (QED) is 0.610. The number of nitrogens with two attached hydrogens (primary N) is 1. The summed E-state index contributed by atoms with van der Waals surface area (Å²) < 4.78 is 5.51. The van der Waals surface area contributed by atoms with E-state index in [-0.39, 0.29) is 6.54 Å². The zero-order valence-corrected chi connectivity index (χ0v) is 8.59. The third kappa shape index (κ3) is 2.14. The molecule has 0 saturated carbocycles. The molecule has 0 bridgehead atoms. The van der Waals surface area contributed by atoms with Gasteiger partial charge in [0.2, 0.25) is 0 Å².